The lowest BCUT2D eigenvalue weighted by atomic mass is 10.2. The van der Waals surface area contributed by atoms with E-state index in [0.717, 1.165) is 0 Å². The van der Waals surface area contributed by atoms with E-state index in [2.05, 4.69) is 5.32 Å². The van der Waals surface area contributed by atoms with Crippen molar-refractivity contribution < 1.29 is 9.53 Å². The molecule has 4 nitrogen and oxygen atoms in total. The van der Waals surface area contributed by atoms with E-state index in [0.29, 0.717) is 22.2 Å². The van der Waals surface area contributed by atoms with Gasteiger partial charge in [0.2, 0.25) is 5.91 Å². The van der Waals surface area contributed by atoms with Crippen molar-refractivity contribution in [2.45, 2.75) is 13.0 Å². The number of rotatable bonds is 4. The Bertz CT molecular complexity index is 597. The second-order valence-corrected chi connectivity index (χ2v) is 4.80. The lowest BCUT2D eigenvalue weighted by Crippen LogP contribution is -2.32. The zero-order valence-corrected chi connectivity index (χ0v) is 11.7. The highest BCUT2D eigenvalue weighted by atomic mass is 35.5. The van der Waals surface area contributed by atoms with E-state index in [1.165, 1.54) is 0 Å². The highest BCUT2D eigenvalue weighted by Crippen LogP contribution is 2.25. The van der Waals surface area contributed by atoms with E-state index in [1.54, 1.807) is 43.3 Å². The quantitative estimate of drug-likeness (QED) is 0.907. The van der Waals surface area contributed by atoms with E-state index in [1.807, 2.05) is 12.1 Å². The summed E-state index contributed by atoms with van der Waals surface area (Å²) in [6.45, 7) is 1.63. The fourth-order valence-corrected chi connectivity index (χ4v) is 1.71. The van der Waals surface area contributed by atoms with E-state index < -0.39 is 6.04 Å². The predicted molar refractivity (Wildman–Crippen MR) is 80.2 cm³/mol. The van der Waals surface area contributed by atoms with E-state index in [4.69, 9.17) is 22.1 Å². The molecule has 2 aromatic carbocycles. The third-order valence-electron chi connectivity index (χ3n) is 2.57. The number of carbonyl (C=O) groups is 1. The molecule has 0 radical (unpaired) electrons. The molecule has 0 aliphatic heterocycles. The fourth-order valence-electron chi connectivity index (χ4n) is 1.53. The smallest absolute Gasteiger partial charge is 0.240 e. The standard InChI is InChI=1S/C15H15ClN2O2/c1-10(17)15(19)18-12-5-7-13(8-6-12)20-14-4-2-3-11(16)9-14/h2-10H,17H2,1H3,(H,18,19). The first-order valence-corrected chi connectivity index (χ1v) is 6.52. The van der Waals surface area contributed by atoms with Crippen LogP contribution in [0, 0.1) is 0 Å². The molecule has 0 fully saturated rings. The third-order valence-corrected chi connectivity index (χ3v) is 2.80. The molecule has 2 rings (SSSR count). The summed E-state index contributed by atoms with van der Waals surface area (Å²) in [5, 5.41) is 3.32. The molecule has 0 spiro atoms. The molecular formula is C15H15ClN2O2. The van der Waals surface area contributed by atoms with Gasteiger partial charge in [0.1, 0.15) is 11.5 Å². The van der Waals surface area contributed by atoms with Crippen molar-refractivity contribution in [3.63, 3.8) is 0 Å². The maximum Gasteiger partial charge on any atom is 0.240 e. The van der Waals surface area contributed by atoms with Crippen LogP contribution in [0.5, 0.6) is 11.5 Å². The number of amides is 1. The average molecular weight is 291 g/mol. The number of hydrogen-bond acceptors (Lipinski definition) is 3. The van der Waals surface area contributed by atoms with Crippen molar-refractivity contribution in [3.05, 3.63) is 53.6 Å². The van der Waals surface area contributed by atoms with Gasteiger partial charge in [-0.3, -0.25) is 4.79 Å². The van der Waals surface area contributed by atoms with Gasteiger partial charge in [-0.25, -0.2) is 0 Å². The summed E-state index contributed by atoms with van der Waals surface area (Å²) in [5.41, 5.74) is 6.15. The minimum absolute atomic E-state index is 0.228. The number of nitrogens with one attached hydrogen (secondary N) is 1. The van der Waals surface area contributed by atoms with Gasteiger partial charge in [-0.05, 0) is 49.4 Å². The van der Waals surface area contributed by atoms with Crippen LogP contribution in [0.3, 0.4) is 0 Å². The summed E-state index contributed by atoms with van der Waals surface area (Å²) in [4.78, 5) is 11.4. The minimum Gasteiger partial charge on any atom is -0.457 e. The Morgan fingerprint density at radius 1 is 1.20 bits per heavy atom. The lowest BCUT2D eigenvalue weighted by molar-refractivity contribution is -0.117. The second kappa shape index (κ2) is 6.41. The topological polar surface area (TPSA) is 64.4 Å². The maximum absolute atomic E-state index is 11.4. The van der Waals surface area contributed by atoms with E-state index in [-0.39, 0.29) is 5.91 Å². The summed E-state index contributed by atoms with van der Waals surface area (Å²) in [6.07, 6.45) is 0. The van der Waals surface area contributed by atoms with Crippen LogP contribution in [0.1, 0.15) is 6.92 Å². The van der Waals surface area contributed by atoms with Gasteiger partial charge in [-0.2, -0.15) is 0 Å². The minimum atomic E-state index is -0.544. The van der Waals surface area contributed by atoms with Crippen LogP contribution in [0.15, 0.2) is 48.5 Å². The Kier molecular flexibility index (Phi) is 4.61. The second-order valence-electron chi connectivity index (χ2n) is 4.36. The summed E-state index contributed by atoms with van der Waals surface area (Å²) in [6, 6.07) is 13.6. The van der Waals surface area contributed by atoms with E-state index in [9.17, 15) is 4.79 Å². The molecule has 104 valence electrons. The SMILES string of the molecule is CC(N)C(=O)Nc1ccc(Oc2cccc(Cl)c2)cc1. The third kappa shape index (κ3) is 3.98. The van der Waals surface area contributed by atoms with Gasteiger partial charge < -0.3 is 15.8 Å². The predicted octanol–water partition coefficient (Wildman–Crippen LogP) is 3.42. The van der Waals surface area contributed by atoms with Crippen LogP contribution >= 0.6 is 11.6 Å². The summed E-state index contributed by atoms with van der Waals surface area (Å²) >= 11 is 5.88. The number of ether oxygens (including phenoxy) is 1. The Hall–Kier alpha value is -2.04. The molecule has 5 heteroatoms. The van der Waals surface area contributed by atoms with Crippen molar-refractivity contribution in [3.8, 4) is 11.5 Å². The zero-order chi connectivity index (χ0) is 14.5. The van der Waals surface area contributed by atoms with Gasteiger partial charge >= 0.3 is 0 Å². The summed E-state index contributed by atoms with van der Waals surface area (Å²) in [7, 11) is 0. The van der Waals surface area contributed by atoms with Gasteiger partial charge in [0.15, 0.2) is 0 Å². The Labute approximate surface area is 122 Å². The summed E-state index contributed by atoms with van der Waals surface area (Å²) in [5.74, 6) is 1.09. The number of anilines is 1. The highest BCUT2D eigenvalue weighted by molar-refractivity contribution is 6.30. The molecule has 0 bridgehead atoms. The van der Waals surface area contributed by atoms with Crippen molar-refractivity contribution in [1.82, 2.24) is 0 Å². The number of halogens is 1. The lowest BCUT2D eigenvalue weighted by Gasteiger charge is -2.09. The first kappa shape index (κ1) is 14.4. The number of carbonyl (C=O) groups excluding carboxylic acids is 1. The van der Waals surface area contributed by atoms with Crippen LogP contribution in [0.2, 0.25) is 5.02 Å². The first-order chi connectivity index (χ1) is 9.54. The molecule has 20 heavy (non-hydrogen) atoms. The van der Waals surface area contributed by atoms with Crippen LogP contribution in [0.25, 0.3) is 0 Å². The normalized spacial score (nSPS) is 11.8. The number of hydrogen-bond donors (Lipinski definition) is 2. The Morgan fingerprint density at radius 2 is 1.90 bits per heavy atom. The van der Waals surface area contributed by atoms with Crippen molar-refractivity contribution in [2.24, 2.45) is 5.73 Å². The van der Waals surface area contributed by atoms with Crippen molar-refractivity contribution >= 4 is 23.2 Å². The molecule has 1 atom stereocenters. The first-order valence-electron chi connectivity index (χ1n) is 6.14. The number of benzene rings is 2. The Balaban J connectivity index is 2.03. The molecule has 1 amide bonds. The van der Waals surface area contributed by atoms with Crippen LogP contribution < -0.4 is 15.8 Å². The van der Waals surface area contributed by atoms with Gasteiger partial charge in [0.25, 0.3) is 0 Å². The summed E-state index contributed by atoms with van der Waals surface area (Å²) < 4.78 is 5.64. The van der Waals surface area contributed by atoms with Gasteiger partial charge in [0.05, 0.1) is 6.04 Å². The molecule has 0 aromatic heterocycles. The highest BCUT2D eigenvalue weighted by Gasteiger charge is 2.07. The fraction of sp³-hybridized carbons (Fsp3) is 0.133. The van der Waals surface area contributed by atoms with E-state index >= 15 is 0 Å². The van der Waals surface area contributed by atoms with Crippen molar-refractivity contribution in [2.75, 3.05) is 5.32 Å². The van der Waals surface area contributed by atoms with Crippen LogP contribution in [-0.4, -0.2) is 11.9 Å². The molecule has 0 heterocycles. The van der Waals surface area contributed by atoms with Crippen LogP contribution in [0.4, 0.5) is 5.69 Å². The molecular weight excluding hydrogens is 276 g/mol. The zero-order valence-electron chi connectivity index (χ0n) is 11.0. The molecule has 0 saturated heterocycles. The van der Waals surface area contributed by atoms with Crippen molar-refractivity contribution in [1.29, 1.82) is 0 Å². The van der Waals surface area contributed by atoms with Crippen LogP contribution in [-0.2, 0) is 4.79 Å². The monoisotopic (exact) mass is 290 g/mol. The Morgan fingerprint density at radius 3 is 2.50 bits per heavy atom. The number of nitrogens with two attached hydrogens (primary N) is 1. The van der Waals surface area contributed by atoms with Gasteiger partial charge in [-0.1, -0.05) is 17.7 Å². The van der Waals surface area contributed by atoms with Gasteiger partial charge in [-0.15, -0.1) is 0 Å². The maximum atomic E-state index is 11.4. The molecule has 0 saturated carbocycles. The average Bonchev–Trinajstić information content (AvgIpc) is 2.41. The molecule has 0 aliphatic carbocycles. The van der Waals surface area contributed by atoms with Gasteiger partial charge in [0, 0.05) is 10.7 Å². The molecule has 3 N–H and O–H groups in total. The largest absolute Gasteiger partial charge is 0.457 e. The molecule has 1 unspecified atom stereocenters. The molecule has 0 aliphatic rings. The molecule has 2 aromatic rings.